The van der Waals surface area contributed by atoms with E-state index in [0.29, 0.717) is 13.1 Å². The summed E-state index contributed by atoms with van der Waals surface area (Å²) < 4.78 is 0. The van der Waals surface area contributed by atoms with Crippen molar-refractivity contribution >= 4 is 5.91 Å². The van der Waals surface area contributed by atoms with Crippen molar-refractivity contribution in [1.29, 1.82) is 0 Å². The summed E-state index contributed by atoms with van der Waals surface area (Å²) in [5.74, 6) is -0.115. The van der Waals surface area contributed by atoms with Crippen LogP contribution in [0.2, 0.25) is 0 Å². The lowest BCUT2D eigenvalue weighted by atomic mass is 9.63. The molecule has 0 radical (unpaired) electrons. The number of nitrogens with one attached hydrogen (secondary N) is 1. The highest BCUT2D eigenvalue weighted by Crippen LogP contribution is 2.43. The standard InChI is InChI=1S/C12H23N5O/c1-9-8-11(2,3)4-5-12(9,10(13)18)15-6-7-16-17-14/h9,15H,4-8H2,1-3H3,(H2,13,18). The molecule has 0 aromatic rings. The SMILES string of the molecule is CC1CC(C)(C)CCC1(NCCN=[N+]=[N-])C(N)=O. The maximum Gasteiger partial charge on any atom is 0.238 e. The molecule has 0 spiro atoms. The van der Waals surface area contributed by atoms with Gasteiger partial charge in [0.2, 0.25) is 5.91 Å². The van der Waals surface area contributed by atoms with Crippen molar-refractivity contribution in [2.75, 3.05) is 13.1 Å². The van der Waals surface area contributed by atoms with Gasteiger partial charge in [0.05, 0.1) is 0 Å². The van der Waals surface area contributed by atoms with Crippen molar-refractivity contribution < 1.29 is 4.79 Å². The van der Waals surface area contributed by atoms with E-state index in [0.717, 1.165) is 19.3 Å². The molecule has 0 aromatic heterocycles. The van der Waals surface area contributed by atoms with Gasteiger partial charge in [-0.05, 0) is 36.1 Å². The summed E-state index contributed by atoms with van der Waals surface area (Å²) >= 11 is 0. The van der Waals surface area contributed by atoms with E-state index >= 15 is 0 Å². The molecule has 2 atom stereocenters. The van der Waals surface area contributed by atoms with Gasteiger partial charge < -0.3 is 11.1 Å². The summed E-state index contributed by atoms with van der Waals surface area (Å²) in [5.41, 5.74) is 13.4. The topological polar surface area (TPSA) is 104 Å². The van der Waals surface area contributed by atoms with Crippen LogP contribution in [0.5, 0.6) is 0 Å². The minimum Gasteiger partial charge on any atom is -0.368 e. The highest BCUT2D eigenvalue weighted by atomic mass is 16.1. The Balaban J connectivity index is 2.75. The Kier molecular flexibility index (Phi) is 4.59. The van der Waals surface area contributed by atoms with Crippen LogP contribution in [-0.4, -0.2) is 24.5 Å². The number of primary amides is 1. The van der Waals surface area contributed by atoms with Crippen LogP contribution in [-0.2, 0) is 4.79 Å². The van der Waals surface area contributed by atoms with E-state index in [-0.39, 0.29) is 17.2 Å². The minimum absolute atomic E-state index is 0.185. The third-order valence-corrected chi connectivity index (χ3v) is 4.05. The second-order valence-corrected chi connectivity index (χ2v) is 5.99. The van der Waals surface area contributed by atoms with E-state index in [2.05, 4.69) is 36.1 Å². The maximum atomic E-state index is 11.8. The summed E-state index contributed by atoms with van der Waals surface area (Å²) in [7, 11) is 0. The smallest absolute Gasteiger partial charge is 0.238 e. The third-order valence-electron chi connectivity index (χ3n) is 4.05. The van der Waals surface area contributed by atoms with Gasteiger partial charge in [0, 0.05) is 18.0 Å². The quantitative estimate of drug-likeness (QED) is 0.338. The first kappa shape index (κ1) is 14.8. The summed E-state index contributed by atoms with van der Waals surface area (Å²) in [6.07, 6.45) is 2.67. The van der Waals surface area contributed by atoms with Gasteiger partial charge in [-0.1, -0.05) is 25.9 Å². The Bertz CT molecular complexity index is 361. The molecule has 0 bridgehead atoms. The normalized spacial score (nSPS) is 30.5. The first-order chi connectivity index (χ1) is 8.34. The van der Waals surface area contributed by atoms with Crippen molar-refractivity contribution in [2.24, 2.45) is 22.2 Å². The lowest BCUT2D eigenvalue weighted by molar-refractivity contribution is -0.129. The first-order valence-electron chi connectivity index (χ1n) is 6.40. The van der Waals surface area contributed by atoms with Gasteiger partial charge in [-0.2, -0.15) is 0 Å². The average molecular weight is 253 g/mol. The number of carbonyl (C=O) groups excluding carboxylic acids is 1. The fourth-order valence-corrected chi connectivity index (χ4v) is 2.98. The number of amides is 1. The van der Waals surface area contributed by atoms with Crippen molar-refractivity contribution in [1.82, 2.24) is 5.32 Å². The number of azide groups is 1. The number of rotatable bonds is 5. The fourth-order valence-electron chi connectivity index (χ4n) is 2.98. The number of nitrogens with two attached hydrogens (primary N) is 1. The molecule has 1 fully saturated rings. The third kappa shape index (κ3) is 3.15. The molecule has 2 unspecified atom stereocenters. The molecule has 102 valence electrons. The van der Waals surface area contributed by atoms with Gasteiger partial charge in [0.1, 0.15) is 5.54 Å². The van der Waals surface area contributed by atoms with Crippen LogP contribution >= 0.6 is 0 Å². The van der Waals surface area contributed by atoms with Crippen molar-refractivity contribution in [3.63, 3.8) is 0 Å². The average Bonchev–Trinajstić information content (AvgIpc) is 2.26. The predicted molar refractivity (Wildman–Crippen MR) is 70.7 cm³/mol. The molecule has 1 amide bonds. The largest absolute Gasteiger partial charge is 0.368 e. The van der Waals surface area contributed by atoms with Crippen molar-refractivity contribution in [3.8, 4) is 0 Å². The van der Waals surface area contributed by atoms with E-state index in [4.69, 9.17) is 11.3 Å². The van der Waals surface area contributed by atoms with E-state index in [1.807, 2.05) is 0 Å². The second kappa shape index (κ2) is 5.59. The Labute approximate surface area is 108 Å². The number of hydrogen-bond donors (Lipinski definition) is 2. The van der Waals surface area contributed by atoms with E-state index in [1.165, 1.54) is 0 Å². The Hall–Kier alpha value is -1.26. The molecule has 3 N–H and O–H groups in total. The molecule has 1 aliphatic rings. The summed E-state index contributed by atoms with van der Waals surface area (Å²) in [4.78, 5) is 14.5. The van der Waals surface area contributed by atoms with Crippen LogP contribution in [0, 0.1) is 11.3 Å². The molecule has 0 saturated heterocycles. The molecular weight excluding hydrogens is 230 g/mol. The second-order valence-electron chi connectivity index (χ2n) is 5.99. The van der Waals surface area contributed by atoms with Crippen LogP contribution in [0.1, 0.15) is 40.0 Å². The van der Waals surface area contributed by atoms with Crippen LogP contribution in [0.25, 0.3) is 10.4 Å². The zero-order chi connectivity index (χ0) is 13.8. The molecule has 1 saturated carbocycles. The van der Waals surface area contributed by atoms with Crippen LogP contribution in [0.15, 0.2) is 5.11 Å². The maximum absolute atomic E-state index is 11.8. The summed E-state index contributed by atoms with van der Waals surface area (Å²) in [5, 5.41) is 6.68. The predicted octanol–water partition coefficient (Wildman–Crippen LogP) is 1.96. The number of nitrogens with zero attached hydrogens (tertiary/aromatic N) is 3. The Morgan fingerprint density at radius 2 is 2.22 bits per heavy atom. The highest BCUT2D eigenvalue weighted by molar-refractivity contribution is 5.85. The van der Waals surface area contributed by atoms with Crippen LogP contribution in [0.4, 0.5) is 0 Å². The number of carbonyl (C=O) groups is 1. The lowest BCUT2D eigenvalue weighted by Crippen LogP contribution is -2.62. The van der Waals surface area contributed by atoms with E-state index in [1.54, 1.807) is 0 Å². The lowest BCUT2D eigenvalue weighted by Gasteiger charge is -2.47. The van der Waals surface area contributed by atoms with Gasteiger partial charge in [0.25, 0.3) is 0 Å². The highest BCUT2D eigenvalue weighted by Gasteiger charge is 2.47. The minimum atomic E-state index is -0.652. The summed E-state index contributed by atoms with van der Waals surface area (Å²) in [6, 6.07) is 0. The molecule has 0 aliphatic heterocycles. The molecule has 18 heavy (non-hydrogen) atoms. The fraction of sp³-hybridized carbons (Fsp3) is 0.917. The molecule has 6 nitrogen and oxygen atoms in total. The Morgan fingerprint density at radius 1 is 1.56 bits per heavy atom. The van der Waals surface area contributed by atoms with Gasteiger partial charge in [-0.3, -0.25) is 4.79 Å². The van der Waals surface area contributed by atoms with Crippen molar-refractivity contribution in [3.05, 3.63) is 10.4 Å². The number of hydrogen-bond acceptors (Lipinski definition) is 3. The molecule has 6 heteroatoms. The zero-order valence-electron chi connectivity index (χ0n) is 11.4. The molecule has 0 aromatic carbocycles. The van der Waals surface area contributed by atoms with Crippen LogP contribution in [0.3, 0.4) is 0 Å². The molecule has 1 aliphatic carbocycles. The van der Waals surface area contributed by atoms with E-state index < -0.39 is 5.54 Å². The first-order valence-corrected chi connectivity index (χ1v) is 6.40. The van der Waals surface area contributed by atoms with Gasteiger partial charge in [0.15, 0.2) is 0 Å². The van der Waals surface area contributed by atoms with Crippen LogP contribution < -0.4 is 11.1 Å². The Morgan fingerprint density at radius 3 is 2.72 bits per heavy atom. The summed E-state index contributed by atoms with van der Waals surface area (Å²) in [6.45, 7) is 7.31. The van der Waals surface area contributed by atoms with Gasteiger partial charge in [-0.25, -0.2) is 0 Å². The molecular formula is C12H23N5O. The van der Waals surface area contributed by atoms with E-state index in [9.17, 15) is 4.79 Å². The van der Waals surface area contributed by atoms with Gasteiger partial charge >= 0.3 is 0 Å². The van der Waals surface area contributed by atoms with Crippen molar-refractivity contribution in [2.45, 2.75) is 45.6 Å². The monoisotopic (exact) mass is 253 g/mol. The molecule has 0 heterocycles. The zero-order valence-corrected chi connectivity index (χ0v) is 11.4. The van der Waals surface area contributed by atoms with Gasteiger partial charge in [-0.15, -0.1) is 0 Å². The molecule has 1 rings (SSSR count).